The summed E-state index contributed by atoms with van der Waals surface area (Å²) in [6, 6.07) is 15.9. The van der Waals surface area contributed by atoms with Crippen LogP contribution in [0.15, 0.2) is 77.7 Å². The van der Waals surface area contributed by atoms with Crippen LogP contribution in [0.25, 0.3) is 0 Å². The quantitative estimate of drug-likeness (QED) is 0.480. The monoisotopic (exact) mass is 486 g/mol. The van der Waals surface area contributed by atoms with Crippen LogP contribution in [0.1, 0.15) is 25.7 Å². The van der Waals surface area contributed by atoms with E-state index in [9.17, 15) is 22.0 Å². The van der Waals surface area contributed by atoms with Crippen LogP contribution in [0.4, 0.5) is 20.2 Å². The number of carbonyl (C=O) groups excluding carboxylic acids is 1. The van der Waals surface area contributed by atoms with Gasteiger partial charge in [0, 0.05) is 5.69 Å². The normalized spacial score (nSPS) is 14.1. The SMILES string of the molecule is O=C(CN(c1ccc(F)cc1)S(=O)(=O)c1ccc(F)cc1)Nc1ccc(OC2CCCC2)cc1. The highest BCUT2D eigenvalue weighted by atomic mass is 32.2. The second-order valence-electron chi connectivity index (χ2n) is 8.04. The van der Waals surface area contributed by atoms with Crippen LogP contribution >= 0.6 is 0 Å². The Labute approximate surface area is 197 Å². The summed E-state index contributed by atoms with van der Waals surface area (Å²) in [6.07, 6.45) is 4.58. The molecule has 0 spiro atoms. The number of nitrogens with one attached hydrogen (secondary N) is 1. The number of carbonyl (C=O) groups is 1. The molecule has 3 aromatic carbocycles. The summed E-state index contributed by atoms with van der Waals surface area (Å²) in [7, 11) is -4.23. The van der Waals surface area contributed by atoms with Crippen molar-refractivity contribution in [3.63, 3.8) is 0 Å². The van der Waals surface area contributed by atoms with Crippen molar-refractivity contribution in [1.29, 1.82) is 0 Å². The number of anilines is 2. The molecule has 4 rings (SSSR count). The van der Waals surface area contributed by atoms with Gasteiger partial charge in [-0.15, -0.1) is 0 Å². The van der Waals surface area contributed by atoms with Crippen molar-refractivity contribution in [2.45, 2.75) is 36.7 Å². The molecule has 34 heavy (non-hydrogen) atoms. The lowest BCUT2D eigenvalue weighted by Gasteiger charge is -2.24. The van der Waals surface area contributed by atoms with E-state index in [0.29, 0.717) is 11.4 Å². The van der Waals surface area contributed by atoms with E-state index in [1.54, 1.807) is 24.3 Å². The molecule has 1 aliphatic rings. The topological polar surface area (TPSA) is 75.7 Å². The molecule has 9 heteroatoms. The number of benzene rings is 3. The number of hydrogen-bond donors (Lipinski definition) is 1. The molecule has 1 fully saturated rings. The van der Waals surface area contributed by atoms with Crippen molar-refractivity contribution in [3.8, 4) is 5.75 Å². The molecule has 0 aliphatic heterocycles. The third-order valence-corrected chi connectivity index (χ3v) is 7.33. The van der Waals surface area contributed by atoms with Gasteiger partial charge in [-0.05, 0) is 98.5 Å². The summed E-state index contributed by atoms with van der Waals surface area (Å²) < 4.78 is 60.0. The number of sulfonamides is 1. The standard InChI is InChI=1S/C25H24F2N2O4S/c26-18-5-11-21(12-6-18)29(34(31,32)24-15-7-19(27)8-16-24)17-25(30)28-20-9-13-23(14-10-20)33-22-3-1-2-4-22/h5-16,22H,1-4,17H2,(H,28,30). The zero-order valence-corrected chi connectivity index (χ0v) is 19.1. The number of ether oxygens (including phenoxy) is 1. The maximum absolute atomic E-state index is 13.4. The van der Waals surface area contributed by atoms with Gasteiger partial charge in [0.2, 0.25) is 5.91 Å². The third kappa shape index (κ3) is 5.72. The Kier molecular flexibility index (Phi) is 7.12. The molecule has 1 aliphatic carbocycles. The number of halogens is 2. The molecule has 0 atom stereocenters. The fourth-order valence-electron chi connectivity index (χ4n) is 3.80. The molecule has 1 saturated carbocycles. The smallest absolute Gasteiger partial charge is 0.264 e. The fraction of sp³-hybridized carbons (Fsp3) is 0.240. The van der Waals surface area contributed by atoms with Crippen molar-refractivity contribution < 1.29 is 26.7 Å². The lowest BCUT2D eigenvalue weighted by atomic mass is 10.2. The Morgan fingerprint density at radius 2 is 1.44 bits per heavy atom. The first-order chi connectivity index (χ1) is 16.3. The third-order valence-electron chi connectivity index (χ3n) is 5.55. The maximum Gasteiger partial charge on any atom is 0.264 e. The minimum atomic E-state index is -4.23. The van der Waals surface area contributed by atoms with E-state index in [0.717, 1.165) is 66.4 Å². The van der Waals surface area contributed by atoms with Gasteiger partial charge in [-0.25, -0.2) is 17.2 Å². The molecule has 0 heterocycles. The zero-order chi connectivity index (χ0) is 24.1. The number of nitrogens with zero attached hydrogens (tertiary/aromatic N) is 1. The molecule has 6 nitrogen and oxygen atoms in total. The van der Waals surface area contributed by atoms with E-state index in [1.165, 1.54) is 12.1 Å². The van der Waals surface area contributed by atoms with E-state index in [-0.39, 0.29) is 16.7 Å². The second-order valence-corrected chi connectivity index (χ2v) is 9.90. The first kappa shape index (κ1) is 23.7. The van der Waals surface area contributed by atoms with E-state index >= 15 is 0 Å². The highest BCUT2D eigenvalue weighted by Gasteiger charge is 2.27. The number of amides is 1. The Hall–Kier alpha value is -3.46. The van der Waals surface area contributed by atoms with Gasteiger partial charge in [0.25, 0.3) is 10.0 Å². The van der Waals surface area contributed by atoms with Crippen LogP contribution in [0, 0.1) is 11.6 Å². The molecular formula is C25H24F2N2O4S. The molecule has 0 aromatic heterocycles. The van der Waals surface area contributed by atoms with Crippen molar-refractivity contribution >= 4 is 27.3 Å². The van der Waals surface area contributed by atoms with Gasteiger partial charge in [-0.1, -0.05) is 0 Å². The summed E-state index contributed by atoms with van der Waals surface area (Å²) in [6.45, 7) is -0.564. The van der Waals surface area contributed by atoms with Crippen LogP contribution in [-0.2, 0) is 14.8 Å². The second kappa shape index (κ2) is 10.2. The average Bonchev–Trinajstić information content (AvgIpc) is 3.33. The summed E-state index contributed by atoms with van der Waals surface area (Å²) in [4.78, 5) is 12.6. The van der Waals surface area contributed by atoms with Gasteiger partial charge in [0.15, 0.2) is 0 Å². The van der Waals surface area contributed by atoms with Crippen LogP contribution < -0.4 is 14.4 Å². The van der Waals surface area contributed by atoms with Crippen molar-refractivity contribution in [2.24, 2.45) is 0 Å². The Morgan fingerprint density at radius 3 is 2.03 bits per heavy atom. The lowest BCUT2D eigenvalue weighted by molar-refractivity contribution is -0.114. The van der Waals surface area contributed by atoms with E-state index < -0.39 is 34.1 Å². The highest BCUT2D eigenvalue weighted by Crippen LogP contribution is 2.26. The zero-order valence-electron chi connectivity index (χ0n) is 18.3. The molecule has 0 bridgehead atoms. The van der Waals surface area contributed by atoms with E-state index in [1.807, 2.05) is 0 Å². The predicted molar refractivity (Wildman–Crippen MR) is 125 cm³/mol. The molecule has 1 N–H and O–H groups in total. The first-order valence-electron chi connectivity index (χ1n) is 10.9. The molecule has 3 aromatic rings. The van der Waals surface area contributed by atoms with Gasteiger partial charge in [0.05, 0.1) is 16.7 Å². The van der Waals surface area contributed by atoms with Crippen molar-refractivity contribution in [1.82, 2.24) is 0 Å². The summed E-state index contributed by atoms with van der Waals surface area (Å²) in [5.74, 6) is -1.03. The lowest BCUT2D eigenvalue weighted by Crippen LogP contribution is -2.38. The molecule has 0 radical (unpaired) electrons. The van der Waals surface area contributed by atoms with E-state index in [4.69, 9.17) is 4.74 Å². The Morgan fingerprint density at radius 1 is 0.882 bits per heavy atom. The summed E-state index contributed by atoms with van der Waals surface area (Å²) >= 11 is 0. The molecule has 0 saturated heterocycles. The van der Waals surface area contributed by atoms with Crippen LogP contribution in [-0.4, -0.2) is 27.0 Å². The van der Waals surface area contributed by atoms with Crippen molar-refractivity contribution in [2.75, 3.05) is 16.2 Å². The van der Waals surface area contributed by atoms with Gasteiger partial charge >= 0.3 is 0 Å². The molecule has 178 valence electrons. The van der Waals surface area contributed by atoms with Crippen LogP contribution in [0.5, 0.6) is 5.75 Å². The van der Waals surface area contributed by atoms with Crippen LogP contribution in [0.2, 0.25) is 0 Å². The van der Waals surface area contributed by atoms with Gasteiger partial charge < -0.3 is 10.1 Å². The molecule has 0 unspecified atom stereocenters. The maximum atomic E-state index is 13.4. The van der Waals surface area contributed by atoms with Gasteiger partial charge in [-0.3, -0.25) is 9.10 Å². The Balaban J connectivity index is 1.51. The van der Waals surface area contributed by atoms with Crippen LogP contribution in [0.3, 0.4) is 0 Å². The number of hydrogen-bond acceptors (Lipinski definition) is 4. The Bertz CT molecular complexity index is 1230. The predicted octanol–water partition coefficient (Wildman–Crippen LogP) is 5.12. The molecular weight excluding hydrogens is 462 g/mol. The largest absolute Gasteiger partial charge is 0.490 e. The minimum Gasteiger partial charge on any atom is -0.490 e. The van der Waals surface area contributed by atoms with Crippen molar-refractivity contribution in [3.05, 3.63) is 84.4 Å². The molecule has 1 amide bonds. The number of rotatable bonds is 8. The van der Waals surface area contributed by atoms with Gasteiger partial charge in [-0.2, -0.15) is 0 Å². The fourth-order valence-corrected chi connectivity index (χ4v) is 5.22. The van der Waals surface area contributed by atoms with Gasteiger partial charge in [0.1, 0.15) is 23.9 Å². The summed E-state index contributed by atoms with van der Waals surface area (Å²) in [5, 5.41) is 2.67. The van der Waals surface area contributed by atoms with E-state index in [2.05, 4.69) is 5.32 Å². The first-order valence-corrected chi connectivity index (χ1v) is 12.4. The highest BCUT2D eigenvalue weighted by molar-refractivity contribution is 7.92. The average molecular weight is 487 g/mol. The minimum absolute atomic E-state index is 0.0983. The summed E-state index contributed by atoms with van der Waals surface area (Å²) in [5.41, 5.74) is 0.572.